The molecule has 1 unspecified atom stereocenters. The van der Waals surface area contributed by atoms with Crippen molar-refractivity contribution in [3.63, 3.8) is 0 Å². The van der Waals surface area contributed by atoms with E-state index in [2.05, 4.69) is 42.5 Å². The number of amides is 3. The van der Waals surface area contributed by atoms with E-state index in [1.807, 2.05) is 28.9 Å². The van der Waals surface area contributed by atoms with E-state index in [0.29, 0.717) is 36.6 Å². The lowest BCUT2D eigenvalue weighted by Gasteiger charge is -2.38. The molecule has 11 rings (SSSR count). The van der Waals surface area contributed by atoms with Gasteiger partial charge < -0.3 is 15.0 Å². The van der Waals surface area contributed by atoms with Gasteiger partial charge in [-0.05, 0) is 101 Å². The number of halogens is 3. The van der Waals surface area contributed by atoms with Gasteiger partial charge in [0.25, 0.3) is 12.3 Å². The first-order valence-corrected chi connectivity index (χ1v) is 24.7. The number of carbonyl (C=O) groups is 3. The number of nitrogens with one attached hydrogen (secondary N) is 2. The molecule has 3 atom stereocenters. The molecule has 2 N–H and O–H groups in total. The SMILES string of the molecule is O=C1CCC(c2nn(C3CC3)c3c(C#CCO[C@H]4CCN(CC5CCC(n6cc(NC(=O)c7cnn8ccc(N9CCC(CC%10CC%10)CC9)nc78)c(C(F)F)n6)CC5)C[C@H]4F)cccc23)C(=O)N1. The van der Waals surface area contributed by atoms with Crippen molar-refractivity contribution in [3.8, 4) is 11.8 Å². The van der Waals surface area contributed by atoms with Crippen LogP contribution in [0.5, 0.6) is 0 Å². The van der Waals surface area contributed by atoms with E-state index in [4.69, 9.17) is 14.8 Å². The monoisotopic (exact) mass is 933 g/mol. The number of nitrogens with zero attached hydrogens (tertiary/aromatic N) is 9. The molecular formula is C50H58F3N11O4. The Kier molecular flexibility index (Phi) is 12.5. The third-order valence-electron chi connectivity index (χ3n) is 15.2. The molecule has 7 heterocycles. The predicted molar refractivity (Wildman–Crippen MR) is 247 cm³/mol. The number of aromatic nitrogens is 7. The lowest BCUT2D eigenvalue weighted by molar-refractivity contribution is -0.134. The van der Waals surface area contributed by atoms with Gasteiger partial charge >= 0.3 is 0 Å². The van der Waals surface area contributed by atoms with E-state index in [1.165, 1.54) is 36.2 Å². The molecule has 5 aromatic rings. The first-order valence-electron chi connectivity index (χ1n) is 24.7. The molecule has 3 aliphatic carbocycles. The lowest BCUT2D eigenvalue weighted by atomic mass is 9.85. The van der Waals surface area contributed by atoms with Crippen LogP contribution < -0.4 is 15.5 Å². The summed E-state index contributed by atoms with van der Waals surface area (Å²) in [6.45, 7) is 3.61. The minimum Gasteiger partial charge on any atom is -0.362 e. The second-order valence-electron chi connectivity index (χ2n) is 20.0. The van der Waals surface area contributed by atoms with E-state index < -0.39 is 36.2 Å². The van der Waals surface area contributed by atoms with Crippen molar-refractivity contribution in [1.29, 1.82) is 0 Å². The Balaban J connectivity index is 0.660. The van der Waals surface area contributed by atoms with Gasteiger partial charge in [0.2, 0.25) is 11.8 Å². The Labute approximate surface area is 392 Å². The van der Waals surface area contributed by atoms with E-state index in [-0.39, 0.29) is 54.7 Å². The largest absolute Gasteiger partial charge is 0.362 e. The molecule has 3 saturated carbocycles. The minimum atomic E-state index is -2.88. The van der Waals surface area contributed by atoms with Gasteiger partial charge in [0.05, 0.1) is 52.8 Å². The molecule has 18 heteroatoms. The highest BCUT2D eigenvalue weighted by molar-refractivity contribution is 6.08. The zero-order chi connectivity index (χ0) is 46.5. The Morgan fingerprint density at radius 3 is 2.44 bits per heavy atom. The van der Waals surface area contributed by atoms with Crippen LogP contribution in [0.15, 0.2) is 42.9 Å². The minimum absolute atomic E-state index is 0.0237. The maximum absolute atomic E-state index is 15.6. The van der Waals surface area contributed by atoms with Crippen LogP contribution >= 0.6 is 0 Å². The number of piperidine rings is 3. The van der Waals surface area contributed by atoms with Gasteiger partial charge in [-0.2, -0.15) is 15.3 Å². The second kappa shape index (κ2) is 18.9. The molecule has 3 aliphatic heterocycles. The number of imide groups is 1. The second-order valence-corrected chi connectivity index (χ2v) is 20.0. The Bertz CT molecular complexity index is 2750. The highest BCUT2D eigenvalue weighted by Gasteiger charge is 2.37. The maximum atomic E-state index is 15.6. The predicted octanol–water partition coefficient (Wildman–Crippen LogP) is 7.55. The van der Waals surface area contributed by atoms with Crippen molar-refractivity contribution in [1.82, 2.24) is 44.4 Å². The number of para-hydroxylation sites is 1. The number of fused-ring (bicyclic) bond motifs is 2. The molecular weight excluding hydrogens is 876 g/mol. The van der Waals surface area contributed by atoms with Gasteiger partial charge in [-0.25, -0.2) is 22.7 Å². The van der Waals surface area contributed by atoms with Crippen LogP contribution in [0, 0.1) is 29.6 Å². The zero-order valence-electron chi connectivity index (χ0n) is 38.2. The zero-order valence-corrected chi connectivity index (χ0v) is 38.2. The summed E-state index contributed by atoms with van der Waals surface area (Å²) < 4.78 is 55.4. The van der Waals surface area contributed by atoms with Crippen molar-refractivity contribution >= 4 is 45.8 Å². The Morgan fingerprint density at radius 2 is 1.69 bits per heavy atom. The van der Waals surface area contributed by atoms with Crippen molar-refractivity contribution in [2.75, 3.05) is 49.5 Å². The normalized spacial score (nSPS) is 25.2. The van der Waals surface area contributed by atoms with E-state index in [1.54, 1.807) is 10.9 Å². The van der Waals surface area contributed by atoms with E-state index in [0.717, 1.165) is 105 Å². The summed E-state index contributed by atoms with van der Waals surface area (Å²) in [6, 6.07) is 7.83. The smallest absolute Gasteiger partial charge is 0.284 e. The summed E-state index contributed by atoms with van der Waals surface area (Å²) in [4.78, 5) is 47.4. The quantitative estimate of drug-likeness (QED) is 0.0893. The van der Waals surface area contributed by atoms with Crippen molar-refractivity contribution in [2.24, 2.45) is 17.8 Å². The molecule has 1 aromatic carbocycles. The van der Waals surface area contributed by atoms with Gasteiger partial charge in [-0.1, -0.05) is 36.8 Å². The number of hydrogen-bond acceptors (Lipinski definition) is 10. The molecule has 0 spiro atoms. The van der Waals surface area contributed by atoms with Crippen LogP contribution in [-0.2, 0) is 14.3 Å². The standard InChI is InChI=1S/C50H58F3N11O4/c51-39-28-60(20-18-41(39)68-24-2-4-33-3-1-5-36-44(37-14-15-43(65)57-49(37)66)59-64(46(33)36)35-12-13-35)27-32-8-10-34(11-9-32)63-29-40(45(58-63)47(52)53)55-50(67)38-26-54-62-23-19-42(56-48(38)62)61-21-16-31(17-22-61)25-30-6-7-30/h1,3,5,19,23,26,29-32,34-35,37,39,41,47H,6-18,20-22,24-25,27-28H2,(H,55,67)(H,57,65,66)/t32?,34?,37?,39-,41+/m1/s1. The highest BCUT2D eigenvalue weighted by Crippen LogP contribution is 2.42. The number of ether oxygens (including phenoxy) is 1. The number of carbonyl (C=O) groups excluding carboxylic acids is 3. The summed E-state index contributed by atoms with van der Waals surface area (Å²) >= 11 is 0. The number of alkyl halides is 3. The Morgan fingerprint density at radius 1 is 0.912 bits per heavy atom. The van der Waals surface area contributed by atoms with Crippen LogP contribution in [0.2, 0.25) is 0 Å². The summed E-state index contributed by atoms with van der Waals surface area (Å²) in [6.07, 6.45) is 12.8. The van der Waals surface area contributed by atoms with Gasteiger partial charge in [-0.3, -0.25) is 34.0 Å². The number of anilines is 2. The maximum Gasteiger partial charge on any atom is 0.284 e. The van der Waals surface area contributed by atoms with Crippen LogP contribution in [0.4, 0.5) is 24.7 Å². The fourth-order valence-corrected chi connectivity index (χ4v) is 11.1. The molecule has 6 aliphatic rings. The number of benzene rings is 1. The molecule has 0 radical (unpaired) electrons. The third-order valence-corrected chi connectivity index (χ3v) is 15.2. The highest BCUT2D eigenvalue weighted by atomic mass is 19.3. The van der Waals surface area contributed by atoms with Gasteiger partial charge in [-0.15, -0.1) is 0 Å². The van der Waals surface area contributed by atoms with Crippen molar-refractivity contribution in [3.05, 3.63) is 65.4 Å². The van der Waals surface area contributed by atoms with Gasteiger partial charge in [0.15, 0.2) is 11.3 Å². The fourth-order valence-electron chi connectivity index (χ4n) is 11.1. The fraction of sp³-hybridized carbons (Fsp3) is 0.580. The van der Waals surface area contributed by atoms with E-state index in [9.17, 15) is 23.2 Å². The van der Waals surface area contributed by atoms with Crippen molar-refractivity contribution < 1.29 is 32.3 Å². The first kappa shape index (κ1) is 44.7. The van der Waals surface area contributed by atoms with Gasteiger partial charge in [0, 0.05) is 56.9 Å². The molecule has 15 nitrogen and oxygen atoms in total. The molecule has 4 aromatic heterocycles. The Hall–Kier alpha value is -5.80. The molecule has 6 fully saturated rings. The lowest BCUT2D eigenvalue weighted by Crippen LogP contribution is -2.47. The van der Waals surface area contributed by atoms with Crippen LogP contribution in [-0.4, -0.2) is 108 Å². The topological polar surface area (TPSA) is 157 Å². The number of rotatable bonds is 13. The van der Waals surface area contributed by atoms with E-state index >= 15 is 4.39 Å². The first-order chi connectivity index (χ1) is 33.1. The van der Waals surface area contributed by atoms with Crippen LogP contribution in [0.3, 0.4) is 0 Å². The van der Waals surface area contributed by atoms with Gasteiger partial charge in [0.1, 0.15) is 24.2 Å². The van der Waals surface area contributed by atoms with Crippen LogP contribution in [0.25, 0.3) is 16.6 Å². The number of likely N-dealkylation sites (tertiary alicyclic amines) is 1. The van der Waals surface area contributed by atoms with Crippen molar-refractivity contribution in [2.45, 2.75) is 127 Å². The summed E-state index contributed by atoms with van der Waals surface area (Å²) in [5, 5.41) is 19.5. The summed E-state index contributed by atoms with van der Waals surface area (Å²) in [5.74, 6) is 7.47. The molecule has 3 saturated heterocycles. The van der Waals surface area contributed by atoms with Crippen LogP contribution in [0.1, 0.15) is 142 Å². The summed E-state index contributed by atoms with van der Waals surface area (Å²) in [7, 11) is 0. The average Bonchev–Trinajstić information content (AvgIpc) is 4.23. The molecule has 68 heavy (non-hydrogen) atoms. The summed E-state index contributed by atoms with van der Waals surface area (Å²) in [5.41, 5.74) is 2.40. The molecule has 358 valence electrons. The number of hydrogen-bond donors (Lipinski definition) is 2. The molecule has 3 amide bonds. The molecule has 0 bridgehead atoms. The average molecular weight is 934 g/mol. The third kappa shape index (κ3) is 9.48.